The second-order valence-electron chi connectivity index (χ2n) is 5.34. The van der Waals surface area contributed by atoms with Crippen LogP contribution < -0.4 is 9.64 Å². The zero-order valence-electron chi connectivity index (χ0n) is 13.4. The molecule has 0 N–H and O–H groups in total. The van der Waals surface area contributed by atoms with Crippen molar-refractivity contribution in [3.8, 4) is 5.75 Å². The van der Waals surface area contributed by atoms with E-state index in [9.17, 15) is 4.79 Å². The Bertz CT molecular complexity index is 620. The molecule has 0 saturated carbocycles. The highest BCUT2D eigenvalue weighted by molar-refractivity contribution is 5.64. The van der Waals surface area contributed by atoms with Gasteiger partial charge < -0.3 is 14.4 Å². The number of nitrogens with zero attached hydrogens (tertiary/aromatic N) is 1. The summed E-state index contributed by atoms with van der Waals surface area (Å²) in [7, 11) is 1.87. The average molecular weight is 299 g/mol. The Morgan fingerprint density at radius 2 is 1.64 bits per heavy atom. The fourth-order valence-corrected chi connectivity index (χ4v) is 2.20. The van der Waals surface area contributed by atoms with Crippen LogP contribution in [0.3, 0.4) is 0 Å². The van der Waals surface area contributed by atoms with Crippen LogP contribution in [0, 0.1) is 13.8 Å². The molecule has 0 spiro atoms. The van der Waals surface area contributed by atoms with Gasteiger partial charge in [0.2, 0.25) is 0 Å². The van der Waals surface area contributed by atoms with Crippen LogP contribution in [0.15, 0.2) is 48.5 Å². The van der Waals surface area contributed by atoms with Crippen molar-refractivity contribution in [3.05, 3.63) is 59.7 Å². The van der Waals surface area contributed by atoms with Gasteiger partial charge in [-0.3, -0.25) is 0 Å². The van der Waals surface area contributed by atoms with E-state index in [2.05, 4.69) is 0 Å². The highest BCUT2D eigenvalue weighted by atomic mass is 16.7. The minimum Gasteiger partial charge on any atom is -0.410 e. The van der Waals surface area contributed by atoms with Gasteiger partial charge in [-0.2, -0.15) is 0 Å². The summed E-state index contributed by atoms with van der Waals surface area (Å²) in [6.45, 7) is 5.71. The largest absolute Gasteiger partial charge is 0.515 e. The molecule has 1 unspecified atom stereocenters. The molecule has 4 heteroatoms. The first-order valence-electron chi connectivity index (χ1n) is 7.20. The maximum atomic E-state index is 11.9. The van der Waals surface area contributed by atoms with E-state index in [1.807, 2.05) is 62.2 Å². The lowest BCUT2D eigenvalue weighted by Crippen LogP contribution is -2.34. The molecular weight excluding hydrogens is 278 g/mol. The van der Waals surface area contributed by atoms with E-state index in [0.29, 0.717) is 5.75 Å². The summed E-state index contributed by atoms with van der Waals surface area (Å²) in [5, 5.41) is 0. The van der Waals surface area contributed by atoms with Gasteiger partial charge in [0, 0.05) is 12.7 Å². The molecule has 0 aliphatic heterocycles. The van der Waals surface area contributed by atoms with Gasteiger partial charge in [-0.25, -0.2) is 4.79 Å². The van der Waals surface area contributed by atoms with Crippen LogP contribution in [0.5, 0.6) is 5.75 Å². The normalized spacial score (nSPS) is 11.6. The third kappa shape index (κ3) is 4.25. The van der Waals surface area contributed by atoms with Gasteiger partial charge in [0.05, 0.1) is 0 Å². The predicted octanol–water partition coefficient (Wildman–Crippen LogP) is 4.30. The van der Waals surface area contributed by atoms with E-state index < -0.39 is 12.4 Å². The predicted molar refractivity (Wildman–Crippen MR) is 87.3 cm³/mol. The molecule has 0 saturated heterocycles. The van der Waals surface area contributed by atoms with E-state index in [1.54, 1.807) is 19.1 Å². The number of para-hydroxylation sites is 1. The Morgan fingerprint density at radius 1 is 1.05 bits per heavy atom. The monoisotopic (exact) mass is 299 g/mol. The highest BCUT2D eigenvalue weighted by Crippen LogP contribution is 2.18. The smallest absolute Gasteiger partial charge is 0.410 e. The molecule has 1 atom stereocenters. The van der Waals surface area contributed by atoms with Crippen LogP contribution in [-0.2, 0) is 4.74 Å². The van der Waals surface area contributed by atoms with Gasteiger partial charge in [-0.05, 0) is 56.2 Å². The molecule has 0 aromatic heterocycles. The fraction of sp³-hybridized carbons (Fsp3) is 0.278. The van der Waals surface area contributed by atoms with Crippen molar-refractivity contribution in [2.45, 2.75) is 27.0 Å². The third-order valence-electron chi connectivity index (χ3n) is 3.37. The molecular formula is C18H21NO3. The Kier molecular flexibility index (Phi) is 5.04. The summed E-state index contributed by atoms with van der Waals surface area (Å²) >= 11 is 0. The minimum atomic E-state index is -0.708. The minimum absolute atomic E-state index is 0.430. The number of ether oxygens (including phenoxy) is 2. The van der Waals surface area contributed by atoms with E-state index in [4.69, 9.17) is 9.47 Å². The van der Waals surface area contributed by atoms with E-state index >= 15 is 0 Å². The molecule has 2 rings (SSSR count). The van der Waals surface area contributed by atoms with E-state index in [-0.39, 0.29) is 0 Å². The van der Waals surface area contributed by atoms with Gasteiger partial charge in [0.25, 0.3) is 0 Å². The van der Waals surface area contributed by atoms with Crippen LogP contribution in [0.1, 0.15) is 18.1 Å². The van der Waals surface area contributed by atoms with Crippen molar-refractivity contribution >= 4 is 11.8 Å². The van der Waals surface area contributed by atoms with Crippen molar-refractivity contribution in [3.63, 3.8) is 0 Å². The maximum Gasteiger partial charge on any atom is 0.515 e. The summed E-state index contributed by atoms with van der Waals surface area (Å²) in [4.78, 5) is 13.8. The zero-order valence-corrected chi connectivity index (χ0v) is 13.4. The first kappa shape index (κ1) is 15.9. The fourth-order valence-electron chi connectivity index (χ4n) is 2.20. The molecule has 2 aromatic carbocycles. The number of aryl methyl sites for hydroxylation is 2. The molecule has 0 aliphatic rings. The second-order valence-corrected chi connectivity index (χ2v) is 5.34. The van der Waals surface area contributed by atoms with Crippen LogP contribution >= 0.6 is 0 Å². The molecule has 2 aromatic rings. The summed E-state index contributed by atoms with van der Waals surface area (Å²) in [5.74, 6) is 0.497. The lowest BCUT2D eigenvalue weighted by Gasteiger charge is -2.26. The maximum absolute atomic E-state index is 11.9. The molecule has 4 nitrogen and oxygen atoms in total. The molecule has 22 heavy (non-hydrogen) atoms. The van der Waals surface area contributed by atoms with E-state index in [1.165, 1.54) is 0 Å². The van der Waals surface area contributed by atoms with Gasteiger partial charge in [-0.1, -0.05) is 24.3 Å². The number of hydrogen-bond acceptors (Lipinski definition) is 4. The molecule has 0 heterocycles. The van der Waals surface area contributed by atoms with Gasteiger partial charge in [-0.15, -0.1) is 0 Å². The molecule has 0 amide bonds. The Morgan fingerprint density at radius 3 is 2.23 bits per heavy atom. The van der Waals surface area contributed by atoms with Crippen LogP contribution in [0.2, 0.25) is 0 Å². The van der Waals surface area contributed by atoms with Crippen LogP contribution in [-0.4, -0.2) is 19.4 Å². The van der Waals surface area contributed by atoms with Crippen molar-refractivity contribution in [1.29, 1.82) is 0 Å². The Labute approximate surface area is 131 Å². The number of rotatable bonds is 4. The summed E-state index contributed by atoms with van der Waals surface area (Å²) in [5.41, 5.74) is 3.05. The molecule has 116 valence electrons. The quantitative estimate of drug-likeness (QED) is 0.479. The lowest BCUT2D eigenvalue weighted by molar-refractivity contribution is 0.0661. The first-order valence-corrected chi connectivity index (χ1v) is 7.20. The molecule has 0 aliphatic carbocycles. The molecule has 0 radical (unpaired) electrons. The third-order valence-corrected chi connectivity index (χ3v) is 3.37. The SMILES string of the molecule is Cc1cc(C)cc(OC(=O)OC(C)N(C)c2ccccc2)c1. The number of carbonyl (C=O) groups is 1. The average Bonchev–Trinajstić information content (AvgIpc) is 2.46. The van der Waals surface area contributed by atoms with Crippen molar-refractivity contribution in [2.24, 2.45) is 0 Å². The lowest BCUT2D eigenvalue weighted by atomic mass is 10.1. The zero-order chi connectivity index (χ0) is 16.1. The highest BCUT2D eigenvalue weighted by Gasteiger charge is 2.16. The van der Waals surface area contributed by atoms with E-state index in [0.717, 1.165) is 16.8 Å². The summed E-state index contributed by atoms with van der Waals surface area (Å²) < 4.78 is 10.6. The number of carbonyl (C=O) groups excluding carboxylic acids is 1. The van der Waals surface area contributed by atoms with Gasteiger partial charge in [0.15, 0.2) is 6.23 Å². The van der Waals surface area contributed by atoms with Crippen molar-refractivity contribution in [2.75, 3.05) is 11.9 Å². The van der Waals surface area contributed by atoms with Gasteiger partial charge in [0.1, 0.15) is 5.75 Å². The van der Waals surface area contributed by atoms with Crippen LogP contribution in [0.25, 0.3) is 0 Å². The number of benzene rings is 2. The Balaban J connectivity index is 1.96. The number of anilines is 1. The van der Waals surface area contributed by atoms with Crippen LogP contribution in [0.4, 0.5) is 10.5 Å². The van der Waals surface area contributed by atoms with Crippen molar-refractivity contribution in [1.82, 2.24) is 0 Å². The Hall–Kier alpha value is -2.49. The molecule has 0 fully saturated rings. The standard InChI is InChI=1S/C18H21NO3/c1-13-10-14(2)12-17(11-13)22-18(20)21-15(3)19(4)16-8-6-5-7-9-16/h5-12,15H,1-4H3. The first-order chi connectivity index (χ1) is 10.5. The second kappa shape index (κ2) is 6.98. The molecule has 0 bridgehead atoms. The summed E-state index contributed by atoms with van der Waals surface area (Å²) in [6, 6.07) is 15.4. The topological polar surface area (TPSA) is 38.8 Å². The van der Waals surface area contributed by atoms with Crippen molar-refractivity contribution < 1.29 is 14.3 Å². The van der Waals surface area contributed by atoms with Gasteiger partial charge >= 0.3 is 6.16 Å². The summed E-state index contributed by atoms with van der Waals surface area (Å²) in [6.07, 6.45) is -1.14. The number of hydrogen-bond donors (Lipinski definition) is 0.